The molecule has 20 heteroatoms. The monoisotopic (exact) mass is 1010 g/mol. The summed E-state index contributed by atoms with van der Waals surface area (Å²) >= 11 is 0. The number of benzene rings is 6. The van der Waals surface area contributed by atoms with Gasteiger partial charge in [0.2, 0.25) is 11.8 Å². The van der Waals surface area contributed by atoms with Gasteiger partial charge in [-0.05, 0) is 71.8 Å². The van der Waals surface area contributed by atoms with E-state index in [1.165, 1.54) is 48.5 Å². The summed E-state index contributed by atoms with van der Waals surface area (Å²) in [6.45, 7) is -1.78. The highest BCUT2D eigenvalue weighted by Gasteiger charge is 2.39. The molecule has 0 saturated heterocycles. The van der Waals surface area contributed by atoms with Crippen molar-refractivity contribution >= 4 is 77.4 Å². The van der Waals surface area contributed by atoms with E-state index in [0.29, 0.717) is 22.9 Å². The zero-order chi connectivity index (χ0) is 51.2. The lowest BCUT2D eigenvalue weighted by Gasteiger charge is -2.26. The molecule has 6 N–H and O–H groups in total. The van der Waals surface area contributed by atoms with E-state index >= 15 is 0 Å². The van der Waals surface area contributed by atoms with Gasteiger partial charge in [-0.1, -0.05) is 60.7 Å². The minimum Gasteiger partial charge on any atom is -0.493 e. The number of ether oxygens (including phenoxy) is 2. The van der Waals surface area contributed by atoms with Gasteiger partial charge in [0.1, 0.15) is 24.7 Å². The maximum absolute atomic E-state index is 14.6. The summed E-state index contributed by atoms with van der Waals surface area (Å²) in [7, 11) is -6.92. The van der Waals surface area contributed by atoms with Crippen molar-refractivity contribution in [3.63, 3.8) is 0 Å². The van der Waals surface area contributed by atoms with Gasteiger partial charge in [0.25, 0.3) is 0 Å². The summed E-state index contributed by atoms with van der Waals surface area (Å²) in [6, 6.07) is 31.0. The second-order valence-corrected chi connectivity index (χ2v) is 21.1. The van der Waals surface area contributed by atoms with Gasteiger partial charge < -0.3 is 41.0 Å². The van der Waals surface area contributed by atoms with Crippen LogP contribution in [-0.4, -0.2) is 125 Å². The van der Waals surface area contributed by atoms with E-state index in [1.54, 1.807) is 72.8 Å². The average molecular weight is 1020 g/mol. The molecule has 370 valence electrons. The van der Waals surface area contributed by atoms with Crippen molar-refractivity contribution < 1.29 is 65.3 Å². The zero-order valence-electron chi connectivity index (χ0n) is 38.2. The highest BCUT2D eigenvalue weighted by Crippen LogP contribution is 2.43. The van der Waals surface area contributed by atoms with Crippen molar-refractivity contribution in [2.75, 3.05) is 83.8 Å². The van der Waals surface area contributed by atoms with E-state index in [1.807, 2.05) is 0 Å². The van der Waals surface area contributed by atoms with Crippen LogP contribution in [0.25, 0.3) is 11.1 Å². The zero-order valence-corrected chi connectivity index (χ0v) is 39.9. The molecule has 0 aliphatic heterocycles. The van der Waals surface area contributed by atoms with Crippen LogP contribution < -0.4 is 30.7 Å². The molecule has 0 fully saturated rings. The molecule has 2 aliphatic carbocycles. The molecule has 0 unspecified atom stereocenters. The smallest absolute Gasteiger partial charge is 0.243 e. The molecule has 0 saturated carbocycles. The lowest BCUT2D eigenvalue weighted by atomic mass is 9.75. The Morgan fingerprint density at radius 3 is 1.08 bits per heavy atom. The molecular formula is C52H46N4O14S2. The van der Waals surface area contributed by atoms with Gasteiger partial charge in [-0.25, -0.2) is 16.8 Å². The molecule has 6 aromatic rings. The lowest BCUT2D eigenvalue weighted by Crippen LogP contribution is -2.28. The quantitative estimate of drug-likeness (QED) is 0.0575. The van der Waals surface area contributed by atoms with Crippen LogP contribution in [0.3, 0.4) is 0 Å². The second-order valence-electron chi connectivity index (χ2n) is 16.5. The number of carbonyl (C=O) groups is 6. The fourth-order valence-corrected chi connectivity index (χ4v) is 9.89. The SMILES string of the molecule is O=C(CNc1ccc(OCCS(=O)(=O)CCO)cc1)Nc1ccc(-c2ccc(NC(=O)CNc3ccc(OCCS(=O)(=O)CCO)cc3)c3c2C(=O)c2ccccc2C3=O)c2c1C(=O)c1ccccc1C2=O. The first-order valence-electron chi connectivity index (χ1n) is 22.4. The molecule has 8 rings (SSSR count). The Kier molecular flexibility index (Phi) is 15.1. The molecule has 6 aromatic carbocycles. The minimum absolute atomic E-state index is 0.0122. The molecule has 0 aromatic heterocycles. The molecule has 0 heterocycles. The van der Waals surface area contributed by atoms with Gasteiger partial charge in [0, 0.05) is 44.8 Å². The fraction of sp³-hybridized carbons (Fsp3) is 0.192. The summed E-state index contributed by atoms with van der Waals surface area (Å²) < 4.78 is 58.5. The standard InChI is InChI=1S/C52H46N4O14S2/c57-21-25-71(65,66)27-23-69-33-13-9-31(10-14-33)53-29-43(59)55-41-19-17-35(45-47(41)51(63)39-7-3-1-5-37(39)49(45)61)36-18-20-42(48-46(36)50(62)38-6-2-4-8-40(38)52(48)64)56-44(60)30-54-32-11-15-34(16-12-32)70-24-28-72(67,68)26-22-58/h1-20,53-54,57-58H,21-30H2,(H,55,59)(H,56,60). The van der Waals surface area contributed by atoms with Crippen molar-refractivity contribution in [3.8, 4) is 22.6 Å². The largest absolute Gasteiger partial charge is 0.493 e. The number of ketones is 4. The van der Waals surface area contributed by atoms with Gasteiger partial charge >= 0.3 is 0 Å². The van der Waals surface area contributed by atoms with Crippen molar-refractivity contribution in [3.05, 3.63) is 166 Å². The number of amides is 2. The van der Waals surface area contributed by atoms with Crippen LogP contribution in [0.15, 0.2) is 121 Å². The summed E-state index contributed by atoms with van der Waals surface area (Å²) in [5.41, 5.74) is 1.14. The van der Waals surface area contributed by atoms with Crippen LogP contribution in [0.4, 0.5) is 22.7 Å². The number of hydrogen-bond acceptors (Lipinski definition) is 16. The number of carbonyl (C=O) groups excluding carboxylic acids is 6. The summed E-state index contributed by atoms with van der Waals surface area (Å²) in [5.74, 6) is -3.99. The minimum atomic E-state index is -3.46. The van der Waals surface area contributed by atoms with E-state index in [-0.39, 0.29) is 116 Å². The molecule has 72 heavy (non-hydrogen) atoms. The van der Waals surface area contributed by atoms with Crippen LogP contribution >= 0.6 is 0 Å². The third-order valence-corrected chi connectivity index (χ3v) is 14.9. The lowest BCUT2D eigenvalue weighted by molar-refractivity contribution is -0.115. The van der Waals surface area contributed by atoms with Crippen LogP contribution in [0, 0.1) is 0 Å². The van der Waals surface area contributed by atoms with Gasteiger partial charge in [0.05, 0.1) is 71.8 Å². The molecule has 0 spiro atoms. The molecule has 0 bridgehead atoms. The van der Waals surface area contributed by atoms with Crippen LogP contribution in [0.5, 0.6) is 11.5 Å². The van der Waals surface area contributed by atoms with Crippen LogP contribution in [-0.2, 0) is 29.3 Å². The molecule has 0 atom stereocenters. The third kappa shape index (κ3) is 11.1. The van der Waals surface area contributed by atoms with E-state index in [2.05, 4.69) is 21.3 Å². The number of hydrogen-bond donors (Lipinski definition) is 6. The fourth-order valence-electron chi connectivity index (χ4n) is 8.25. The van der Waals surface area contributed by atoms with Crippen LogP contribution in [0.2, 0.25) is 0 Å². The highest BCUT2D eigenvalue weighted by molar-refractivity contribution is 7.91. The maximum Gasteiger partial charge on any atom is 0.243 e. The molecule has 2 amide bonds. The van der Waals surface area contributed by atoms with Gasteiger partial charge in [0.15, 0.2) is 42.8 Å². The van der Waals surface area contributed by atoms with Crippen molar-refractivity contribution in [2.45, 2.75) is 0 Å². The molecule has 18 nitrogen and oxygen atoms in total. The van der Waals surface area contributed by atoms with Crippen molar-refractivity contribution in [1.82, 2.24) is 0 Å². The summed E-state index contributed by atoms with van der Waals surface area (Å²) in [5, 5.41) is 29.3. The number of anilines is 4. The second kappa shape index (κ2) is 21.5. The first-order valence-corrected chi connectivity index (χ1v) is 26.1. The van der Waals surface area contributed by atoms with E-state index < -0.39 is 67.8 Å². The first kappa shape index (κ1) is 50.4. The Morgan fingerprint density at radius 2 is 0.750 bits per heavy atom. The van der Waals surface area contributed by atoms with Gasteiger partial charge in [-0.2, -0.15) is 0 Å². The number of sulfone groups is 2. The van der Waals surface area contributed by atoms with E-state index in [9.17, 15) is 45.6 Å². The molecule has 0 radical (unpaired) electrons. The average Bonchev–Trinajstić information content (AvgIpc) is 3.36. The number of rotatable bonds is 21. The summed E-state index contributed by atoms with van der Waals surface area (Å²) in [6.07, 6.45) is 0. The van der Waals surface area contributed by atoms with E-state index in [0.717, 1.165) is 0 Å². The molecule has 2 aliphatic rings. The van der Waals surface area contributed by atoms with Crippen molar-refractivity contribution in [1.29, 1.82) is 0 Å². The Hall–Kier alpha value is -8.04. The Balaban J connectivity index is 1.05. The Labute approximate surface area is 413 Å². The van der Waals surface area contributed by atoms with Gasteiger partial charge in [-0.3, -0.25) is 28.8 Å². The Morgan fingerprint density at radius 1 is 0.417 bits per heavy atom. The molecular weight excluding hydrogens is 969 g/mol. The van der Waals surface area contributed by atoms with Gasteiger partial charge in [-0.15, -0.1) is 0 Å². The highest BCUT2D eigenvalue weighted by atomic mass is 32.2. The predicted octanol–water partition coefficient (Wildman–Crippen LogP) is 4.58. The summed E-state index contributed by atoms with van der Waals surface area (Å²) in [4.78, 5) is 85.2. The number of aliphatic hydroxyl groups is 2. The predicted molar refractivity (Wildman–Crippen MR) is 268 cm³/mol. The first-order chi connectivity index (χ1) is 34.6. The number of nitrogens with one attached hydrogen (secondary N) is 4. The maximum atomic E-state index is 14.6. The Bertz CT molecular complexity index is 3150. The van der Waals surface area contributed by atoms with Crippen LogP contribution in [0.1, 0.15) is 63.7 Å². The van der Waals surface area contributed by atoms with Crippen molar-refractivity contribution in [2.24, 2.45) is 0 Å². The number of fused-ring (bicyclic) bond motifs is 4. The topological polar surface area (TPSA) is 278 Å². The van der Waals surface area contributed by atoms with E-state index in [4.69, 9.17) is 19.7 Å². The number of aliphatic hydroxyl groups excluding tert-OH is 2. The third-order valence-electron chi connectivity index (χ3n) is 11.7. The normalized spacial score (nSPS) is 12.8.